The van der Waals surface area contributed by atoms with Crippen LogP contribution in [-0.4, -0.2) is 55.3 Å². The summed E-state index contributed by atoms with van der Waals surface area (Å²) in [6.45, 7) is 2.59. The Morgan fingerprint density at radius 2 is 1.78 bits per heavy atom. The fourth-order valence-corrected chi connectivity index (χ4v) is 2.11. The highest BCUT2D eigenvalue weighted by atomic mass is 16.5. The predicted octanol–water partition coefficient (Wildman–Crippen LogP) is 3.16. The fourth-order valence-electron chi connectivity index (χ4n) is 2.11. The Kier molecular flexibility index (Phi) is 11.0. The van der Waals surface area contributed by atoms with Crippen LogP contribution in [0.25, 0.3) is 0 Å². The Balaban J connectivity index is 4.07. The average Bonchev–Trinajstić information content (AvgIpc) is 2.39. The molecule has 0 aromatic carbocycles. The van der Waals surface area contributed by atoms with Crippen LogP contribution in [0.15, 0.2) is 24.3 Å². The second kappa shape index (κ2) is 11.9. The number of carbonyl (C=O) groups excluding carboxylic acids is 1. The summed E-state index contributed by atoms with van der Waals surface area (Å²) in [4.78, 5) is 22.7. The van der Waals surface area contributed by atoms with Gasteiger partial charge in [0.15, 0.2) is 6.10 Å². The summed E-state index contributed by atoms with van der Waals surface area (Å²) in [6, 6.07) is 0. The van der Waals surface area contributed by atoms with Gasteiger partial charge in [-0.05, 0) is 25.7 Å². The van der Waals surface area contributed by atoms with Gasteiger partial charge in [-0.2, -0.15) is 0 Å². The molecule has 132 valence electrons. The Labute approximate surface area is 140 Å². The largest absolute Gasteiger partial charge is 0.481 e. The lowest BCUT2D eigenvalue weighted by Gasteiger charge is -2.28. The lowest BCUT2D eigenvalue weighted by Crippen LogP contribution is -2.43. The van der Waals surface area contributed by atoms with Gasteiger partial charge in [0.25, 0.3) is 0 Å². The molecule has 0 bridgehead atoms. The number of nitrogens with zero attached hydrogens (tertiary/aromatic N) is 1. The molecule has 0 aliphatic rings. The Morgan fingerprint density at radius 3 is 2.35 bits per heavy atom. The first-order chi connectivity index (χ1) is 10.7. The third-order valence-corrected chi connectivity index (χ3v) is 3.04. The number of carbonyl (C=O) groups is 2. The molecule has 0 rings (SSSR count). The average molecular weight is 326 g/mol. The molecular formula is C18H32NO4+. The van der Waals surface area contributed by atoms with Crippen molar-refractivity contribution in [3.8, 4) is 0 Å². The number of rotatable bonds is 12. The van der Waals surface area contributed by atoms with Crippen molar-refractivity contribution in [3.63, 3.8) is 0 Å². The Morgan fingerprint density at radius 1 is 1.13 bits per heavy atom. The molecule has 0 fully saturated rings. The molecule has 5 heteroatoms. The van der Waals surface area contributed by atoms with E-state index < -0.39 is 12.1 Å². The second-order valence-corrected chi connectivity index (χ2v) is 6.66. The number of esters is 1. The van der Waals surface area contributed by atoms with Crippen molar-refractivity contribution < 1.29 is 23.9 Å². The minimum Gasteiger partial charge on any atom is -0.481 e. The smallest absolute Gasteiger partial charge is 0.307 e. The number of quaternary nitrogens is 1. The van der Waals surface area contributed by atoms with Crippen molar-refractivity contribution in [1.29, 1.82) is 0 Å². The van der Waals surface area contributed by atoms with E-state index in [1.54, 1.807) is 0 Å². The van der Waals surface area contributed by atoms with Gasteiger partial charge in [-0.15, -0.1) is 0 Å². The molecule has 0 aromatic heterocycles. The van der Waals surface area contributed by atoms with Gasteiger partial charge >= 0.3 is 11.9 Å². The van der Waals surface area contributed by atoms with Gasteiger partial charge in [0, 0.05) is 6.42 Å². The van der Waals surface area contributed by atoms with Crippen molar-refractivity contribution in [1.82, 2.24) is 0 Å². The summed E-state index contributed by atoms with van der Waals surface area (Å²) < 4.78 is 5.88. The van der Waals surface area contributed by atoms with Crippen LogP contribution in [0.3, 0.4) is 0 Å². The SMILES string of the molecule is CC/C=C/C/C=C/CCCC(=O)OC(CC(=O)O)C[N+](C)(C)C. The molecule has 0 aliphatic carbocycles. The molecule has 0 amide bonds. The molecule has 0 saturated carbocycles. The summed E-state index contributed by atoms with van der Waals surface area (Å²) in [5.74, 6) is -1.26. The lowest BCUT2D eigenvalue weighted by atomic mass is 10.2. The molecule has 1 N–H and O–H groups in total. The molecule has 0 spiro atoms. The summed E-state index contributed by atoms with van der Waals surface area (Å²) in [5, 5.41) is 8.92. The Bertz CT molecular complexity index is 408. The van der Waals surface area contributed by atoms with Crippen molar-refractivity contribution in [3.05, 3.63) is 24.3 Å². The summed E-state index contributed by atoms with van der Waals surface area (Å²) in [6.07, 6.45) is 11.5. The molecule has 0 heterocycles. The van der Waals surface area contributed by atoms with Gasteiger partial charge in [0.1, 0.15) is 6.54 Å². The van der Waals surface area contributed by atoms with Crippen LogP contribution in [0.1, 0.15) is 45.4 Å². The third-order valence-electron chi connectivity index (χ3n) is 3.04. The van der Waals surface area contributed by atoms with E-state index in [4.69, 9.17) is 9.84 Å². The zero-order chi connectivity index (χ0) is 17.7. The molecule has 0 aromatic rings. The first-order valence-electron chi connectivity index (χ1n) is 8.26. The maximum atomic E-state index is 11.8. The van der Waals surface area contributed by atoms with Crippen LogP contribution >= 0.6 is 0 Å². The first-order valence-corrected chi connectivity index (χ1v) is 8.26. The molecule has 0 saturated heterocycles. The molecule has 0 radical (unpaired) electrons. The maximum absolute atomic E-state index is 11.8. The van der Waals surface area contributed by atoms with E-state index >= 15 is 0 Å². The van der Waals surface area contributed by atoms with Gasteiger partial charge in [0.05, 0.1) is 27.6 Å². The van der Waals surface area contributed by atoms with E-state index in [0.717, 1.165) is 25.7 Å². The first kappa shape index (κ1) is 21.4. The van der Waals surface area contributed by atoms with Crippen LogP contribution < -0.4 is 0 Å². The van der Waals surface area contributed by atoms with Crippen molar-refractivity contribution >= 4 is 11.9 Å². The molecule has 1 unspecified atom stereocenters. The zero-order valence-electron chi connectivity index (χ0n) is 15.0. The number of aliphatic carboxylic acids is 1. The molecule has 0 aliphatic heterocycles. The van der Waals surface area contributed by atoms with E-state index in [1.165, 1.54) is 0 Å². The fraction of sp³-hybridized carbons (Fsp3) is 0.667. The number of unbranched alkanes of at least 4 members (excludes halogenated alkanes) is 1. The van der Waals surface area contributed by atoms with Crippen LogP contribution in [-0.2, 0) is 14.3 Å². The lowest BCUT2D eigenvalue weighted by molar-refractivity contribution is -0.873. The van der Waals surface area contributed by atoms with Gasteiger partial charge in [0.2, 0.25) is 0 Å². The second-order valence-electron chi connectivity index (χ2n) is 6.66. The number of carboxylic acid groups (broad SMARTS) is 1. The standard InChI is InChI=1S/C18H31NO4/c1-5-6-7-8-9-10-11-12-13-18(22)23-16(14-17(20)21)15-19(2,3)4/h6-7,9-10,16H,5,8,11-15H2,1-4H3/p+1/b7-6+,10-9+. The zero-order valence-corrected chi connectivity index (χ0v) is 15.0. The quantitative estimate of drug-likeness (QED) is 0.259. The van der Waals surface area contributed by atoms with Crippen molar-refractivity contribution in [2.75, 3.05) is 27.7 Å². The van der Waals surface area contributed by atoms with Crippen LogP contribution in [0, 0.1) is 0 Å². The van der Waals surface area contributed by atoms with E-state index in [2.05, 4.69) is 31.2 Å². The summed E-state index contributed by atoms with van der Waals surface area (Å²) >= 11 is 0. The van der Waals surface area contributed by atoms with E-state index in [0.29, 0.717) is 17.4 Å². The Hall–Kier alpha value is -1.62. The number of carboxylic acids is 1. The van der Waals surface area contributed by atoms with E-state index in [-0.39, 0.29) is 12.4 Å². The molecular weight excluding hydrogens is 294 g/mol. The number of likely N-dealkylation sites (N-methyl/N-ethyl adjacent to an activating group) is 1. The normalized spacial score (nSPS) is 13.6. The summed E-state index contributed by atoms with van der Waals surface area (Å²) in [7, 11) is 5.83. The van der Waals surface area contributed by atoms with Crippen molar-refractivity contribution in [2.24, 2.45) is 0 Å². The highest BCUT2D eigenvalue weighted by Crippen LogP contribution is 2.08. The van der Waals surface area contributed by atoms with Gasteiger partial charge in [-0.3, -0.25) is 9.59 Å². The number of allylic oxidation sites excluding steroid dienone is 4. The number of ether oxygens (including phenoxy) is 1. The minimum atomic E-state index is -0.945. The molecule has 23 heavy (non-hydrogen) atoms. The highest BCUT2D eigenvalue weighted by molar-refractivity contribution is 5.71. The van der Waals surface area contributed by atoms with Crippen molar-refractivity contribution in [2.45, 2.75) is 51.6 Å². The number of hydrogen-bond donors (Lipinski definition) is 1. The predicted molar refractivity (Wildman–Crippen MR) is 92.1 cm³/mol. The van der Waals surface area contributed by atoms with Crippen LogP contribution in [0.5, 0.6) is 0 Å². The van der Waals surface area contributed by atoms with Crippen LogP contribution in [0.2, 0.25) is 0 Å². The molecule has 1 atom stereocenters. The third kappa shape index (κ3) is 15.1. The van der Waals surface area contributed by atoms with Gasteiger partial charge in [-0.1, -0.05) is 31.2 Å². The van der Waals surface area contributed by atoms with Crippen LogP contribution in [0.4, 0.5) is 0 Å². The van der Waals surface area contributed by atoms with E-state index in [9.17, 15) is 9.59 Å². The summed E-state index contributed by atoms with van der Waals surface area (Å²) in [5.41, 5.74) is 0. The topological polar surface area (TPSA) is 63.6 Å². The highest BCUT2D eigenvalue weighted by Gasteiger charge is 2.24. The van der Waals surface area contributed by atoms with E-state index in [1.807, 2.05) is 21.1 Å². The monoisotopic (exact) mass is 326 g/mol. The molecule has 5 nitrogen and oxygen atoms in total. The maximum Gasteiger partial charge on any atom is 0.307 e. The minimum absolute atomic E-state index is 0.148. The van der Waals surface area contributed by atoms with Gasteiger partial charge in [-0.25, -0.2) is 0 Å². The van der Waals surface area contributed by atoms with Gasteiger partial charge < -0.3 is 14.3 Å². The number of hydrogen-bond acceptors (Lipinski definition) is 3.